The van der Waals surface area contributed by atoms with Gasteiger partial charge in [-0.15, -0.1) is 0 Å². The average Bonchev–Trinajstić information content (AvgIpc) is 2.36. The number of pyridine rings is 1. The summed E-state index contributed by atoms with van der Waals surface area (Å²) in [6.07, 6.45) is 7.09. The number of nitriles is 1. The molecule has 0 aliphatic rings. The summed E-state index contributed by atoms with van der Waals surface area (Å²) >= 11 is 0. The Balaban J connectivity index is 3.27. The zero-order valence-corrected chi connectivity index (χ0v) is 10.4. The highest BCUT2D eigenvalue weighted by Crippen LogP contribution is 2.18. The molecule has 3 nitrogen and oxygen atoms in total. The quantitative estimate of drug-likeness (QED) is 0.744. The third kappa shape index (κ3) is 3.01. The van der Waals surface area contributed by atoms with E-state index in [9.17, 15) is 4.79 Å². The lowest BCUT2D eigenvalue weighted by molar-refractivity contribution is 0.112. The van der Waals surface area contributed by atoms with Crippen molar-refractivity contribution in [2.24, 2.45) is 5.92 Å². The predicted molar refractivity (Wildman–Crippen MR) is 67.6 cm³/mol. The van der Waals surface area contributed by atoms with Crippen LogP contribution in [0.4, 0.5) is 0 Å². The van der Waals surface area contributed by atoms with Gasteiger partial charge < -0.3 is 0 Å². The molecule has 0 amide bonds. The van der Waals surface area contributed by atoms with Gasteiger partial charge in [0.2, 0.25) is 0 Å². The second-order valence-electron chi connectivity index (χ2n) is 4.06. The summed E-state index contributed by atoms with van der Waals surface area (Å²) in [6, 6.07) is 2.08. The Labute approximate surface area is 102 Å². The lowest BCUT2D eigenvalue weighted by Crippen LogP contribution is -1.98. The van der Waals surface area contributed by atoms with Gasteiger partial charge in [0.1, 0.15) is 6.07 Å². The number of rotatable bonds is 4. The molecule has 0 bridgehead atoms. The minimum absolute atomic E-state index is 0.349. The van der Waals surface area contributed by atoms with Crippen molar-refractivity contribution in [3.05, 3.63) is 34.7 Å². The number of allylic oxidation sites excluding steroid dienone is 1. The van der Waals surface area contributed by atoms with Crippen LogP contribution in [-0.4, -0.2) is 11.3 Å². The minimum Gasteiger partial charge on any atom is -0.298 e. The minimum atomic E-state index is 0.349. The summed E-state index contributed by atoms with van der Waals surface area (Å²) in [6.45, 7) is 6.05. The molecular formula is C14H16N2O. The van der Waals surface area contributed by atoms with Crippen LogP contribution in [0.1, 0.15) is 47.4 Å². The molecule has 0 aliphatic carbocycles. The van der Waals surface area contributed by atoms with Gasteiger partial charge in [-0.25, -0.2) is 0 Å². The lowest BCUT2D eigenvalue weighted by Gasteiger charge is -2.06. The number of aryl methyl sites for hydroxylation is 1. The Morgan fingerprint density at radius 2 is 2.29 bits per heavy atom. The van der Waals surface area contributed by atoms with E-state index in [0.29, 0.717) is 23.3 Å². The first-order chi connectivity index (χ1) is 8.13. The number of hydrogen-bond donors (Lipinski definition) is 0. The molecule has 1 heterocycles. The fourth-order valence-corrected chi connectivity index (χ4v) is 1.45. The standard InChI is InChI=1S/C14H16N2O/c1-4-10(2)5-6-13-11(3)16-8-12(9-17)14(13)7-15/h5-6,8-10H,4H2,1-3H3/b6-5-. The Hall–Kier alpha value is -1.95. The van der Waals surface area contributed by atoms with Crippen molar-refractivity contribution < 1.29 is 4.79 Å². The Morgan fingerprint density at radius 1 is 1.59 bits per heavy atom. The fraction of sp³-hybridized carbons (Fsp3) is 0.357. The first-order valence-corrected chi connectivity index (χ1v) is 5.67. The van der Waals surface area contributed by atoms with Crippen LogP contribution >= 0.6 is 0 Å². The van der Waals surface area contributed by atoms with Crippen molar-refractivity contribution in [1.82, 2.24) is 4.98 Å². The summed E-state index contributed by atoms with van der Waals surface area (Å²) in [5, 5.41) is 9.11. The van der Waals surface area contributed by atoms with Crippen molar-refractivity contribution in [1.29, 1.82) is 5.26 Å². The second kappa shape index (κ2) is 5.95. The molecule has 0 saturated heterocycles. The van der Waals surface area contributed by atoms with Gasteiger partial charge in [-0.2, -0.15) is 5.26 Å². The molecule has 1 rings (SSSR count). The van der Waals surface area contributed by atoms with Crippen LogP contribution in [0.25, 0.3) is 6.08 Å². The van der Waals surface area contributed by atoms with Gasteiger partial charge in [0, 0.05) is 17.5 Å². The maximum absolute atomic E-state index is 10.8. The molecule has 1 aromatic heterocycles. The van der Waals surface area contributed by atoms with Crippen LogP contribution < -0.4 is 0 Å². The van der Waals surface area contributed by atoms with Gasteiger partial charge in [0.05, 0.1) is 11.1 Å². The maximum Gasteiger partial charge on any atom is 0.152 e. The molecule has 0 aromatic carbocycles. The van der Waals surface area contributed by atoms with Crippen molar-refractivity contribution >= 4 is 12.4 Å². The molecule has 0 radical (unpaired) electrons. The molecule has 0 N–H and O–H groups in total. The number of nitrogens with zero attached hydrogens (tertiary/aromatic N) is 2. The highest BCUT2D eigenvalue weighted by Gasteiger charge is 2.09. The highest BCUT2D eigenvalue weighted by atomic mass is 16.1. The monoisotopic (exact) mass is 228 g/mol. The van der Waals surface area contributed by atoms with Crippen LogP contribution in [0.15, 0.2) is 12.3 Å². The van der Waals surface area contributed by atoms with E-state index in [0.717, 1.165) is 17.7 Å². The van der Waals surface area contributed by atoms with Gasteiger partial charge >= 0.3 is 0 Å². The van der Waals surface area contributed by atoms with Gasteiger partial charge in [0.15, 0.2) is 6.29 Å². The van der Waals surface area contributed by atoms with E-state index in [1.807, 2.05) is 19.1 Å². The smallest absolute Gasteiger partial charge is 0.152 e. The molecule has 1 unspecified atom stereocenters. The number of aromatic nitrogens is 1. The molecule has 88 valence electrons. The molecule has 3 heteroatoms. The molecule has 17 heavy (non-hydrogen) atoms. The summed E-state index contributed by atoms with van der Waals surface area (Å²) in [7, 11) is 0. The van der Waals surface area contributed by atoms with Gasteiger partial charge in [-0.3, -0.25) is 9.78 Å². The second-order valence-corrected chi connectivity index (χ2v) is 4.06. The van der Waals surface area contributed by atoms with Crippen LogP contribution in [-0.2, 0) is 0 Å². The molecule has 0 fully saturated rings. The number of carbonyl (C=O) groups is 1. The van der Waals surface area contributed by atoms with Crippen molar-refractivity contribution in [2.45, 2.75) is 27.2 Å². The van der Waals surface area contributed by atoms with Crippen LogP contribution in [0.3, 0.4) is 0 Å². The van der Waals surface area contributed by atoms with Crippen LogP contribution in [0.2, 0.25) is 0 Å². The zero-order chi connectivity index (χ0) is 12.8. The zero-order valence-electron chi connectivity index (χ0n) is 10.4. The van der Waals surface area contributed by atoms with Crippen molar-refractivity contribution in [3.63, 3.8) is 0 Å². The maximum atomic E-state index is 10.8. The summed E-state index contributed by atoms with van der Waals surface area (Å²) in [5.41, 5.74) is 2.28. The molecule has 0 saturated carbocycles. The van der Waals surface area contributed by atoms with Gasteiger partial charge in [-0.1, -0.05) is 32.4 Å². The SMILES string of the molecule is CCC(C)/C=C\c1c(C)ncc(C=O)c1C#N. The number of carbonyl (C=O) groups excluding carboxylic acids is 1. The van der Waals surface area contributed by atoms with Crippen LogP contribution in [0.5, 0.6) is 0 Å². The molecule has 0 spiro atoms. The Morgan fingerprint density at radius 3 is 2.82 bits per heavy atom. The topological polar surface area (TPSA) is 53.8 Å². The fourth-order valence-electron chi connectivity index (χ4n) is 1.45. The third-order valence-electron chi connectivity index (χ3n) is 2.82. The van der Waals surface area contributed by atoms with Gasteiger partial charge in [-0.05, 0) is 12.8 Å². The predicted octanol–water partition coefficient (Wildman–Crippen LogP) is 3.13. The highest BCUT2D eigenvalue weighted by molar-refractivity contribution is 5.81. The number of hydrogen-bond acceptors (Lipinski definition) is 3. The lowest BCUT2D eigenvalue weighted by atomic mass is 10.0. The number of aldehydes is 1. The van der Waals surface area contributed by atoms with E-state index in [1.165, 1.54) is 6.20 Å². The molecule has 0 aliphatic heterocycles. The van der Waals surface area contributed by atoms with E-state index in [1.54, 1.807) is 0 Å². The first kappa shape index (κ1) is 13.1. The van der Waals surface area contributed by atoms with Gasteiger partial charge in [0.25, 0.3) is 0 Å². The van der Waals surface area contributed by atoms with E-state index in [-0.39, 0.29) is 0 Å². The first-order valence-electron chi connectivity index (χ1n) is 5.67. The Bertz CT molecular complexity index is 484. The summed E-state index contributed by atoms with van der Waals surface area (Å²) in [4.78, 5) is 15.0. The van der Waals surface area contributed by atoms with Crippen LogP contribution in [0, 0.1) is 24.2 Å². The summed E-state index contributed by atoms with van der Waals surface area (Å²) in [5.74, 6) is 0.445. The molecule has 1 aromatic rings. The average molecular weight is 228 g/mol. The van der Waals surface area contributed by atoms with E-state index in [2.05, 4.69) is 24.9 Å². The molecule has 1 atom stereocenters. The normalized spacial score (nSPS) is 12.4. The Kier molecular flexibility index (Phi) is 4.59. The van der Waals surface area contributed by atoms with Crippen molar-refractivity contribution in [3.8, 4) is 6.07 Å². The van der Waals surface area contributed by atoms with Crippen molar-refractivity contribution in [2.75, 3.05) is 0 Å². The van der Waals surface area contributed by atoms with E-state index in [4.69, 9.17) is 5.26 Å². The largest absolute Gasteiger partial charge is 0.298 e. The van der Waals surface area contributed by atoms with E-state index >= 15 is 0 Å². The molecular weight excluding hydrogens is 212 g/mol. The van der Waals surface area contributed by atoms with E-state index < -0.39 is 0 Å². The summed E-state index contributed by atoms with van der Waals surface area (Å²) < 4.78 is 0. The third-order valence-corrected chi connectivity index (χ3v) is 2.82.